The molecule has 11 heteroatoms. The lowest BCUT2D eigenvalue weighted by molar-refractivity contribution is -0.758. The average molecular weight is 410 g/mol. The van der Waals surface area contributed by atoms with E-state index in [0.717, 1.165) is 16.6 Å². The van der Waals surface area contributed by atoms with Gasteiger partial charge < -0.3 is 35.0 Å². The van der Waals surface area contributed by atoms with Crippen molar-refractivity contribution in [2.45, 2.75) is 13.0 Å². The van der Waals surface area contributed by atoms with Crippen LogP contribution < -0.4 is 15.4 Å². The first-order chi connectivity index (χ1) is 14.0. The van der Waals surface area contributed by atoms with Gasteiger partial charge in [0.2, 0.25) is 5.91 Å². The molecule has 0 saturated carbocycles. The minimum absolute atomic E-state index is 0.0467. The number of fused-ring (bicyclic) bond motifs is 1. The van der Waals surface area contributed by atoms with E-state index in [1.54, 1.807) is 0 Å². The van der Waals surface area contributed by atoms with E-state index >= 15 is 0 Å². The maximum Gasteiger partial charge on any atom is 0.294 e. The van der Waals surface area contributed by atoms with Gasteiger partial charge in [-0.15, -0.1) is 10.1 Å². The van der Waals surface area contributed by atoms with Gasteiger partial charge >= 0.3 is 0 Å². The number of carbonyl (C=O) groups is 1. The lowest BCUT2D eigenvalue weighted by atomic mass is 10.2. The fourth-order valence-corrected chi connectivity index (χ4v) is 2.58. The third-order valence-electron chi connectivity index (χ3n) is 3.85. The number of nitrogens with one attached hydrogen (secondary N) is 3. The quantitative estimate of drug-likeness (QED) is 0.195. The second-order valence-electron chi connectivity index (χ2n) is 6.30. The maximum atomic E-state index is 11.5. The Morgan fingerprint density at radius 1 is 1.34 bits per heavy atom. The number of aliphatic hydroxyl groups excluding tert-OH is 1. The van der Waals surface area contributed by atoms with Gasteiger partial charge in [0.1, 0.15) is 31.7 Å². The Morgan fingerprint density at radius 2 is 2.17 bits per heavy atom. The smallest absolute Gasteiger partial charge is 0.294 e. The van der Waals surface area contributed by atoms with Gasteiger partial charge in [0.25, 0.3) is 5.09 Å². The van der Waals surface area contributed by atoms with Gasteiger partial charge in [0, 0.05) is 36.2 Å². The maximum absolute atomic E-state index is 11.5. The summed E-state index contributed by atoms with van der Waals surface area (Å²) < 4.78 is 10.6. The van der Waals surface area contributed by atoms with E-state index in [9.17, 15) is 20.0 Å². The van der Waals surface area contributed by atoms with Crippen molar-refractivity contribution in [3.05, 3.63) is 40.1 Å². The minimum Gasteiger partial charge on any atom is -0.490 e. The monoisotopic (exact) mass is 410 g/mol. The Bertz CT molecular complexity index is 796. The van der Waals surface area contributed by atoms with Crippen molar-refractivity contribution in [2.75, 3.05) is 46.1 Å². The third kappa shape index (κ3) is 8.34. The van der Waals surface area contributed by atoms with Gasteiger partial charge in [0.15, 0.2) is 0 Å². The fourth-order valence-electron chi connectivity index (χ4n) is 2.58. The molecular formula is C18H26N4O7. The number of ether oxygens (including phenoxy) is 2. The number of aromatic nitrogens is 1. The number of rotatable bonds is 14. The molecule has 1 heterocycles. The van der Waals surface area contributed by atoms with Gasteiger partial charge in [0.05, 0.1) is 6.61 Å². The molecule has 0 aliphatic rings. The predicted molar refractivity (Wildman–Crippen MR) is 104 cm³/mol. The highest BCUT2D eigenvalue weighted by atomic mass is 17.0. The summed E-state index contributed by atoms with van der Waals surface area (Å²) >= 11 is 0. The lowest BCUT2D eigenvalue weighted by Crippen LogP contribution is -2.38. The molecule has 1 aromatic heterocycles. The molecule has 0 aliphatic carbocycles. The molecule has 0 saturated heterocycles. The van der Waals surface area contributed by atoms with Crippen LogP contribution in [0.1, 0.15) is 5.69 Å². The molecule has 1 amide bonds. The van der Waals surface area contributed by atoms with Crippen LogP contribution in [0.3, 0.4) is 0 Å². The van der Waals surface area contributed by atoms with Crippen LogP contribution in [0.4, 0.5) is 0 Å². The highest BCUT2D eigenvalue weighted by Crippen LogP contribution is 2.26. The third-order valence-corrected chi connectivity index (χ3v) is 3.85. The molecule has 0 radical (unpaired) electrons. The van der Waals surface area contributed by atoms with E-state index in [4.69, 9.17) is 9.47 Å². The SMILES string of the molecule is Cc1cc2c(OCC(O)CNCCNC(=O)COCCO[N+](=O)[O-])cccc2[nH]1. The zero-order valence-electron chi connectivity index (χ0n) is 16.2. The highest BCUT2D eigenvalue weighted by Gasteiger charge is 2.09. The lowest BCUT2D eigenvalue weighted by Gasteiger charge is -2.14. The molecule has 0 spiro atoms. The largest absolute Gasteiger partial charge is 0.490 e. The van der Waals surface area contributed by atoms with E-state index < -0.39 is 11.2 Å². The fraction of sp³-hybridized carbons (Fsp3) is 0.500. The van der Waals surface area contributed by atoms with Gasteiger partial charge in [-0.3, -0.25) is 4.79 Å². The van der Waals surface area contributed by atoms with E-state index in [2.05, 4.69) is 20.5 Å². The standard InChI is InChI=1S/C18H26N4O7/c1-13-9-15-16(21-13)3-2-4-17(15)28-11-14(23)10-19-5-6-20-18(24)12-27-7-8-29-22(25)26/h2-4,9,14,19,21,23H,5-8,10-12H2,1H3,(H,20,24). The molecule has 160 valence electrons. The van der Waals surface area contributed by atoms with Crippen LogP contribution in [0.2, 0.25) is 0 Å². The number of hydrogen-bond donors (Lipinski definition) is 4. The van der Waals surface area contributed by atoms with Crippen molar-refractivity contribution in [3.8, 4) is 5.75 Å². The van der Waals surface area contributed by atoms with Crippen LogP contribution in [0, 0.1) is 17.0 Å². The summed E-state index contributed by atoms with van der Waals surface area (Å²) in [5.41, 5.74) is 2.02. The Hall–Kier alpha value is -2.89. The normalized spacial score (nSPS) is 11.9. The summed E-state index contributed by atoms with van der Waals surface area (Å²) in [4.78, 5) is 28.7. The topological polar surface area (TPSA) is 148 Å². The van der Waals surface area contributed by atoms with Gasteiger partial charge in [-0.05, 0) is 25.1 Å². The molecule has 11 nitrogen and oxygen atoms in total. The molecule has 0 aliphatic heterocycles. The molecule has 1 atom stereocenters. The number of aromatic amines is 1. The van der Waals surface area contributed by atoms with Crippen LogP contribution in [0.25, 0.3) is 10.9 Å². The van der Waals surface area contributed by atoms with Gasteiger partial charge in [-0.2, -0.15) is 0 Å². The number of hydrogen-bond acceptors (Lipinski definition) is 8. The molecule has 2 aromatic rings. The Balaban J connectivity index is 1.53. The zero-order chi connectivity index (χ0) is 21.1. The van der Waals surface area contributed by atoms with Gasteiger partial charge in [-0.1, -0.05) is 6.07 Å². The molecule has 4 N–H and O–H groups in total. The second-order valence-corrected chi connectivity index (χ2v) is 6.30. The van der Waals surface area contributed by atoms with Crippen LogP contribution in [-0.2, 0) is 14.4 Å². The molecule has 29 heavy (non-hydrogen) atoms. The summed E-state index contributed by atoms with van der Waals surface area (Å²) in [6.07, 6.45) is -0.703. The van der Waals surface area contributed by atoms with E-state index in [-0.39, 0.29) is 32.3 Å². The van der Waals surface area contributed by atoms with Crippen molar-refractivity contribution in [2.24, 2.45) is 0 Å². The van der Waals surface area contributed by atoms with Crippen LogP contribution >= 0.6 is 0 Å². The molecule has 2 rings (SSSR count). The Kier molecular flexibility index (Phi) is 9.15. The Morgan fingerprint density at radius 3 is 2.97 bits per heavy atom. The number of nitrogens with zero attached hydrogens (tertiary/aromatic N) is 1. The summed E-state index contributed by atoms with van der Waals surface area (Å²) in [6, 6.07) is 7.71. The number of amides is 1. The van der Waals surface area contributed by atoms with Crippen molar-refractivity contribution in [1.29, 1.82) is 0 Å². The number of H-pyrrole nitrogens is 1. The number of aliphatic hydroxyl groups is 1. The van der Waals surface area contributed by atoms with Gasteiger partial charge in [-0.25, -0.2) is 0 Å². The summed E-state index contributed by atoms with van der Waals surface area (Å²) in [5, 5.41) is 25.7. The van der Waals surface area contributed by atoms with Crippen molar-refractivity contribution in [3.63, 3.8) is 0 Å². The zero-order valence-corrected chi connectivity index (χ0v) is 16.2. The Labute approximate surface area is 167 Å². The summed E-state index contributed by atoms with van der Waals surface area (Å²) in [6.45, 7) is 2.76. The minimum atomic E-state index is -0.920. The van der Waals surface area contributed by atoms with Crippen molar-refractivity contribution >= 4 is 16.8 Å². The number of aryl methyl sites for hydroxylation is 1. The summed E-state index contributed by atoms with van der Waals surface area (Å²) in [5.74, 6) is 0.369. The van der Waals surface area contributed by atoms with Crippen LogP contribution in [-0.4, -0.2) is 73.3 Å². The second kappa shape index (κ2) is 11.8. The van der Waals surface area contributed by atoms with E-state index in [1.165, 1.54) is 0 Å². The number of carbonyl (C=O) groups excluding carboxylic acids is 1. The molecule has 1 aromatic carbocycles. The highest BCUT2D eigenvalue weighted by molar-refractivity contribution is 5.86. The van der Waals surface area contributed by atoms with E-state index in [1.807, 2.05) is 31.2 Å². The predicted octanol–water partition coefficient (Wildman–Crippen LogP) is 0.147. The molecule has 0 fully saturated rings. The molecular weight excluding hydrogens is 384 g/mol. The van der Waals surface area contributed by atoms with E-state index in [0.29, 0.717) is 25.4 Å². The van der Waals surface area contributed by atoms with Crippen LogP contribution in [0.5, 0.6) is 5.75 Å². The first kappa shape index (κ1) is 22.4. The van der Waals surface area contributed by atoms with Crippen LogP contribution in [0.15, 0.2) is 24.3 Å². The summed E-state index contributed by atoms with van der Waals surface area (Å²) in [7, 11) is 0. The van der Waals surface area contributed by atoms with Crippen molar-refractivity contribution < 1.29 is 29.3 Å². The van der Waals surface area contributed by atoms with Crippen molar-refractivity contribution in [1.82, 2.24) is 15.6 Å². The first-order valence-electron chi connectivity index (χ1n) is 9.17. The average Bonchev–Trinajstić information content (AvgIpc) is 3.06. The first-order valence-corrected chi connectivity index (χ1v) is 9.17. The molecule has 1 unspecified atom stereocenters. The number of benzene rings is 1. The molecule has 0 bridgehead atoms.